The van der Waals surface area contributed by atoms with Crippen LogP contribution in [0.4, 0.5) is 0 Å². The molecule has 1 aliphatic heterocycles. The number of rotatable bonds is 17. The summed E-state index contributed by atoms with van der Waals surface area (Å²) in [7, 11) is 0. The largest absolute Gasteiger partial charge is 0.481 e. The van der Waals surface area contributed by atoms with E-state index in [2.05, 4.69) is 21.3 Å². The van der Waals surface area contributed by atoms with Crippen molar-refractivity contribution in [2.75, 3.05) is 6.54 Å². The number of hydrogen-bond donors (Lipinski definition) is 6. The number of aliphatic carboxylic acids is 2. The van der Waals surface area contributed by atoms with E-state index in [1.165, 1.54) is 6.92 Å². The zero-order valence-electron chi connectivity index (χ0n) is 23.8. The summed E-state index contributed by atoms with van der Waals surface area (Å²) in [6, 6.07) is -5.72. The minimum absolute atomic E-state index is 0.0628. The topological polar surface area (TPSA) is 228 Å². The molecule has 1 heterocycles. The Bertz CT molecular complexity index is 1000. The number of carboxylic acids is 2. The van der Waals surface area contributed by atoms with Gasteiger partial charge < -0.3 is 41.2 Å². The smallest absolute Gasteiger partial charge is 0.305 e. The average Bonchev–Trinajstić information content (AvgIpc) is 3.31. The van der Waals surface area contributed by atoms with Gasteiger partial charge in [-0.1, -0.05) is 27.2 Å². The van der Waals surface area contributed by atoms with Crippen LogP contribution >= 0.6 is 0 Å². The zero-order chi connectivity index (χ0) is 31.3. The minimum atomic E-state index is -1.40. The summed E-state index contributed by atoms with van der Waals surface area (Å²) < 4.78 is 0. The molecule has 230 valence electrons. The van der Waals surface area contributed by atoms with Gasteiger partial charge in [0, 0.05) is 32.4 Å². The Kier molecular flexibility index (Phi) is 14.4. The number of aldehydes is 1. The number of nitrogens with one attached hydrogen (secondary N) is 4. The molecule has 15 nitrogen and oxygen atoms in total. The Balaban J connectivity index is 3.33. The molecule has 0 radical (unpaired) electrons. The second-order valence-electron chi connectivity index (χ2n) is 10.2. The van der Waals surface area contributed by atoms with Gasteiger partial charge in [0.25, 0.3) is 0 Å². The van der Waals surface area contributed by atoms with Crippen LogP contribution in [0.15, 0.2) is 0 Å². The van der Waals surface area contributed by atoms with Gasteiger partial charge in [0.2, 0.25) is 29.5 Å². The van der Waals surface area contributed by atoms with Crippen molar-refractivity contribution in [2.24, 2.45) is 5.92 Å². The molecule has 0 aromatic carbocycles. The molecule has 41 heavy (non-hydrogen) atoms. The molecule has 15 heteroatoms. The predicted molar refractivity (Wildman–Crippen MR) is 143 cm³/mol. The number of carbonyl (C=O) groups is 8. The lowest BCUT2D eigenvalue weighted by atomic mass is 9.97. The fourth-order valence-corrected chi connectivity index (χ4v) is 4.47. The number of amides is 5. The molecule has 0 aromatic rings. The van der Waals surface area contributed by atoms with Gasteiger partial charge in [0.05, 0.1) is 12.5 Å². The van der Waals surface area contributed by atoms with Crippen LogP contribution in [-0.2, 0) is 38.4 Å². The van der Waals surface area contributed by atoms with E-state index in [-0.39, 0.29) is 43.9 Å². The van der Waals surface area contributed by atoms with E-state index in [0.29, 0.717) is 12.8 Å². The molecule has 1 saturated heterocycles. The quantitative estimate of drug-likeness (QED) is 0.114. The Labute approximate surface area is 238 Å². The first-order valence-electron chi connectivity index (χ1n) is 13.6. The lowest BCUT2D eigenvalue weighted by Crippen LogP contribution is -2.58. The van der Waals surface area contributed by atoms with Gasteiger partial charge in [-0.2, -0.15) is 0 Å². The first-order chi connectivity index (χ1) is 19.2. The van der Waals surface area contributed by atoms with E-state index in [9.17, 15) is 43.5 Å². The number of hydrogen-bond acceptors (Lipinski definition) is 8. The third-order valence-corrected chi connectivity index (χ3v) is 6.73. The van der Waals surface area contributed by atoms with Gasteiger partial charge in [-0.15, -0.1) is 0 Å². The van der Waals surface area contributed by atoms with Crippen LogP contribution in [0.3, 0.4) is 0 Å². The fourth-order valence-electron chi connectivity index (χ4n) is 4.47. The normalized spacial score (nSPS) is 19.2. The summed E-state index contributed by atoms with van der Waals surface area (Å²) in [6.07, 6.45) is -0.0785. The fraction of sp³-hybridized carbons (Fsp3) is 0.692. The van der Waals surface area contributed by atoms with Crippen molar-refractivity contribution < 1.29 is 48.6 Å². The monoisotopic (exact) mass is 583 g/mol. The van der Waals surface area contributed by atoms with E-state index >= 15 is 0 Å². The second-order valence-corrected chi connectivity index (χ2v) is 10.2. The van der Waals surface area contributed by atoms with Gasteiger partial charge in [0.15, 0.2) is 0 Å². The summed E-state index contributed by atoms with van der Waals surface area (Å²) in [5.74, 6) is -6.06. The number of carboxylic acid groups (broad SMARTS) is 2. The molecule has 5 amide bonds. The van der Waals surface area contributed by atoms with E-state index in [0.717, 1.165) is 4.90 Å². The summed E-state index contributed by atoms with van der Waals surface area (Å²) in [6.45, 7) is 6.40. The summed E-state index contributed by atoms with van der Waals surface area (Å²) in [5, 5.41) is 28.3. The standard InChI is InChI=1S/C26H41N5O10/c1-5-7-20(34)28-16-10-19(24(39)29-17(13-32)11-22(37)38)31(12-16)26(41)18(8-9-21(35)36)30-25(40)23(14(3)6-2)27-15(4)33/h13-14,16-19,23H,5-12H2,1-4H3,(H,27,33)(H,28,34)(H,29,39)(H,30,40)(H,35,36)(H,37,38)/t14-,16+,17-,18-,19-,23-/m0/s1. The highest BCUT2D eigenvalue weighted by molar-refractivity contribution is 5.95. The SMILES string of the molecule is CCCC(=O)N[C@@H]1C[C@@H](C(=O)N[C@H](C=O)CC(=O)O)N(C(=O)[C@H](CCC(=O)O)NC(=O)[C@@H](NC(C)=O)[C@@H](C)CC)C1. The molecule has 0 aliphatic carbocycles. The first kappa shape index (κ1) is 35.0. The molecule has 1 rings (SSSR count). The van der Waals surface area contributed by atoms with E-state index in [1.807, 2.05) is 0 Å². The highest BCUT2D eigenvalue weighted by Gasteiger charge is 2.43. The van der Waals surface area contributed by atoms with Gasteiger partial charge >= 0.3 is 11.9 Å². The van der Waals surface area contributed by atoms with Crippen LogP contribution in [0.1, 0.15) is 72.6 Å². The third kappa shape index (κ3) is 11.5. The van der Waals surface area contributed by atoms with Crippen LogP contribution in [0.5, 0.6) is 0 Å². The summed E-state index contributed by atoms with van der Waals surface area (Å²) in [4.78, 5) is 98.8. The number of nitrogens with zero attached hydrogens (tertiary/aromatic N) is 1. The predicted octanol–water partition coefficient (Wildman–Crippen LogP) is -1.07. The molecule has 1 fully saturated rings. The average molecular weight is 584 g/mol. The lowest BCUT2D eigenvalue weighted by Gasteiger charge is -2.31. The third-order valence-electron chi connectivity index (χ3n) is 6.73. The Morgan fingerprint density at radius 3 is 2.15 bits per heavy atom. The molecular formula is C26H41N5O10. The van der Waals surface area contributed by atoms with E-state index < -0.39 is 78.6 Å². The Morgan fingerprint density at radius 1 is 0.976 bits per heavy atom. The van der Waals surface area contributed by atoms with E-state index in [4.69, 9.17) is 5.11 Å². The van der Waals surface area contributed by atoms with Crippen LogP contribution in [0, 0.1) is 5.92 Å². The molecule has 6 atom stereocenters. The summed E-state index contributed by atoms with van der Waals surface area (Å²) in [5.41, 5.74) is 0. The zero-order valence-corrected chi connectivity index (χ0v) is 23.8. The molecule has 1 aliphatic rings. The van der Waals surface area contributed by atoms with Crippen molar-refractivity contribution >= 4 is 47.8 Å². The first-order valence-corrected chi connectivity index (χ1v) is 13.6. The van der Waals surface area contributed by atoms with Crippen LogP contribution in [-0.4, -0.2) is 99.6 Å². The molecular weight excluding hydrogens is 542 g/mol. The Hall–Kier alpha value is -4.04. The maximum atomic E-state index is 13.8. The van der Waals surface area contributed by atoms with Crippen molar-refractivity contribution in [3.8, 4) is 0 Å². The van der Waals surface area contributed by atoms with Gasteiger partial charge in [0.1, 0.15) is 24.4 Å². The van der Waals surface area contributed by atoms with Crippen LogP contribution < -0.4 is 21.3 Å². The van der Waals surface area contributed by atoms with Crippen LogP contribution in [0.25, 0.3) is 0 Å². The maximum Gasteiger partial charge on any atom is 0.305 e. The Morgan fingerprint density at radius 2 is 1.63 bits per heavy atom. The summed E-state index contributed by atoms with van der Waals surface area (Å²) >= 11 is 0. The second kappa shape index (κ2) is 16.9. The van der Waals surface area contributed by atoms with Crippen molar-refractivity contribution in [3.05, 3.63) is 0 Å². The van der Waals surface area contributed by atoms with Gasteiger partial charge in [-0.3, -0.25) is 33.6 Å². The van der Waals surface area contributed by atoms with Crippen molar-refractivity contribution in [3.63, 3.8) is 0 Å². The van der Waals surface area contributed by atoms with Crippen molar-refractivity contribution in [1.82, 2.24) is 26.2 Å². The molecule has 0 bridgehead atoms. The van der Waals surface area contributed by atoms with Crippen molar-refractivity contribution in [1.29, 1.82) is 0 Å². The molecule has 0 aromatic heterocycles. The van der Waals surface area contributed by atoms with Crippen molar-refractivity contribution in [2.45, 2.75) is 103 Å². The van der Waals surface area contributed by atoms with Crippen LogP contribution in [0.2, 0.25) is 0 Å². The minimum Gasteiger partial charge on any atom is -0.481 e. The molecule has 6 N–H and O–H groups in total. The highest BCUT2D eigenvalue weighted by atomic mass is 16.4. The number of likely N-dealkylation sites (tertiary alicyclic amines) is 1. The molecule has 0 spiro atoms. The maximum absolute atomic E-state index is 13.8. The van der Waals surface area contributed by atoms with Gasteiger partial charge in [-0.25, -0.2) is 0 Å². The highest BCUT2D eigenvalue weighted by Crippen LogP contribution is 2.22. The van der Waals surface area contributed by atoms with E-state index in [1.54, 1.807) is 20.8 Å². The molecule has 0 saturated carbocycles. The number of carbonyl (C=O) groups excluding carboxylic acids is 6. The van der Waals surface area contributed by atoms with Gasteiger partial charge in [-0.05, 0) is 25.2 Å². The molecule has 0 unspecified atom stereocenters. The lowest BCUT2D eigenvalue weighted by molar-refractivity contribution is -0.144.